The van der Waals surface area contributed by atoms with E-state index in [0.717, 1.165) is 6.42 Å². The summed E-state index contributed by atoms with van der Waals surface area (Å²) in [7, 11) is 0. The number of aryl methyl sites for hydroxylation is 1. The Balaban J connectivity index is 2.11. The number of rotatable bonds is 3. The molecule has 2 heteroatoms. The van der Waals surface area contributed by atoms with Gasteiger partial charge in [0, 0.05) is 17.3 Å². The van der Waals surface area contributed by atoms with Crippen molar-refractivity contribution in [2.24, 2.45) is 5.73 Å². The zero-order valence-corrected chi connectivity index (χ0v) is 9.63. The number of thiophene rings is 1. The molecule has 0 bridgehead atoms. The van der Waals surface area contributed by atoms with E-state index >= 15 is 0 Å². The van der Waals surface area contributed by atoms with Crippen molar-refractivity contribution in [2.45, 2.75) is 19.4 Å². The van der Waals surface area contributed by atoms with Gasteiger partial charge in [-0.2, -0.15) is 0 Å². The molecule has 78 valence electrons. The molecule has 0 unspecified atom stereocenters. The van der Waals surface area contributed by atoms with Crippen molar-refractivity contribution in [1.29, 1.82) is 0 Å². The summed E-state index contributed by atoms with van der Waals surface area (Å²) in [6.07, 6.45) is 0.932. The second-order valence-corrected chi connectivity index (χ2v) is 4.84. The number of benzene rings is 1. The van der Waals surface area contributed by atoms with Gasteiger partial charge in [0.25, 0.3) is 0 Å². The van der Waals surface area contributed by atoms with E-state index < -0.39 is 0 Å². The zero-order valence-electron chi connectivity index (χ0n) is 8.81. The maximum Gasteiger partial charge on any atom is 0.0343 e. The Labute approximate surface area is 94.6 Å². The van der Waals surface area contributed by atoms with Gasteiger partial charge in [-0.1, -0.05) is 35.9 Å². The van der Waals surface area contributed by atoms with Crippen LogP contribution in [0, 0.1) is 6.92 Å². The van der Waals surface area contributed by atoms with Crippen LogP contribution in [0.1, 0.15) is 22.0 Å². The molecule has 1 aromatic heterocycles. The van der Waals surface area contributed by atoms with Gasteiger partial charge in [-0.05, 0) is 23.9 Å². The molecule has 0 saturated carbocycles. The molecule has 0 amide bonds. The predicted octanol–water partition coefficient (Wildman–Crippen LogP) is 3.30. The zero-order chi connectivity index (χ0) is 10.7. The molecule has 0 saturated heterocycles. The summed E-state index contributed by atoms with van der Waals surface area (Å²) in [5, 5.41) is 2.10. The minimum atomic E-state index is 0.114. The van der Waals surface area contributed by atoms with Gasteiger partial charge in [-0.3, -0.25) is 0 Å². The molecule has 0 fully saturated rings. The van der Waals surface area contributed by atoms with Crippen LogP contribution in [0.25, 0.3) is 0 Å². The Morgan fingerprint density at radius 1 is 1.27 bits per heavy atom. The lowest BCUT2D eigenvalue weighted by molar-refractivity contribution is 0.729. The van der Waals surface area contributed by atoms with Crippen molar-refractivity contribution >= 4 is 11.3 Å². The monoisotopic (exact) mass is 217 g/mol. The molecule has 1 aromatic carbocycles. The fourth-order valence-electron chi connectivity index (χ4n) is 1.66. The third-order valence-electron chi connectivity index (χ3n) is 2.47. The second-order valence-electron chi connectivity index (χ2n) is 3.80. The van der Waals surface area contributed by atoms with E-state index in [9.17, 15) is 0 Å². The van der Waals surface area contributed by atoms with Crippen LogP contribution in [-0.2, 0) is 6.42 Å². The van der Waals surface area contributed by atoms with Crippen molar-refractivity contribution in [3.63, 3.8) is 0 Å². The van der Waals surface area contributed by atoms with Gasteiger partial charge in [-0.15, -0.1) is 11.3 Å². The first kappa shape index (κ1) is 10.4. The SMILES string of the molecule is Cc1cccc([C@@H](N)Cc2cccs2)c1. The van der Waals surface area contributed by atoms with E-state index in [1.54, 1.807) is 11.3 Å². The van der Waals surface area contributed by atoms with Gasteiger partial charge in [0.1, 0.15) is 0 Å². The highest BCUT2D eigenvalue weighted by Crippen LogP contribution is 2.19. The fourth-order valence-corrected chi connectivity index (χ4v) is 2.43. The molecule has 1 atom stereocenters. The van der Waals surface area contributed by atoms with E-state index in [2.05, 4.69) is 48.7 Å². The lowest BCUT2D eigenvalue weighted by Gasteiger charge is -2.11. The maximum absolute atomic E-state index is 6.16. The molecule has 15 heavy (non-hydrogen) atoms. The maximum atomic E-state index is 6.16. The van der Waals surface area contributed by atoms with Gasteiger partial charge >= 0.3 is 0 Å². The summed E-state index contributed by atoms with van der Waals surface area (Å²) < 4.78 is 0. The van der Waals surface area contributed by atoms with Crippen molar-refractivity contribution in [3.05, 3.63) is 57.8 Å². The summed E-state index contributed by atoms with van der Waals surface area (Å²) in [6, 6.07) is 12.8. The van der Waals surface area contributed by atoms with E-state index in [0.29, 0.717) is 0 Å². The second kappa shape index (κ2) is 4.60. The summed E-state index contributed by atoms with van der Waals surface area (Å²) in [6.45, 7) is 2.10. The molecule has 0 aliphatic carbocycles. The third kappa shape index (κ3) is 2.67. The Morgan fingerprint density at radius 3 is 2.80 bits per heavy atom. The highest BCUT2D eigenvalue weighted by atomic mass is 32.1. The molecule has 0 radical (unpaired) electrons. The highest BCUT2D eigenvalue weighted by molar-refractivity contribution is 7.09. The summed E-state index contributed by atoms with van der Waals surface area (Å²) >= 11 is 1.77. The third-order valence-corrected chi connectivity index (χ3v) is 3.37. The first-order valence-electron chi connectivity index (χ1n) is 5.10. The van der Waals surface area contributed by atoms with Crippen LogP contribution in [0.5, 0.6) is 0 Å². The average molecular weight is 217 g/mol. The molecule has 1 nitrogen and oxygen atoms in total. The van der Waals surface area contributed by atoms with Crippen LogP contribution < -0.4 is 5.73 Å². The van der Waals surface area contributed by atoms with Gasteiger partial charge < -0.3 is 5.73 Å². The molecule has 0 spiro atoms. The molecule has 2 aromatic rings. The highest BCUT2D eigenvalue weighted by Gasteiger charge is 2.07. The van der Waals surface area contributed by atoms with E-state index in [1.165, 1.54) is 16.0 Å². The Morgan fingerprint density at radius 2 is 2.13 bits per heavy atom. The van der Waals surface area contributed by atoms with Gasteiger partial charge in [-0.25, -0.2) is 0 Å². The van der Waals surface area contributed by atoms with Crippen LogP contribution >= 0.6 is 11.3 Å². The standard InChI is InChI=1S/C13H15NS/c1-10-4-2-5-11(8-10)13(14)9-12-6-3-7-15-12/h2-8,13H,9,14H2,1H3/t13-/m0/s1. The van der Waals surface area contributed by atoms with E-state index in [4.69, 9.17) is 5.73 Å². The largest absolute Gasteiger partial charge is 0.324 e. The Hall–Kier alpha value is -1.12. The molecule has 2 rings (SSSR count). The average Bonchev–Trinajstić information content (AvgIpc) is 2.70. The lowest BCUT2D eigenvalue weighted by Crippen LogP contribution is -2.12. The first-order valence-corrected chi connectivity index (χ1v) is 5.98. The van der Waals surface area contributed by atoms with Crippen molar-refractivity contribution in [2.75, 3.05) is 0 Å². The van der Waals surface area contributed by atoms with Gasteiger partial charge in [0.15, 0.2) is 0 Å². The Bertz CT molecular complexity index is 420. The van der Waals surface area contributed by atoms with Gasteiger partial charge in [0.05, 0.1) is 0 Å². The molecule has 2 N–H and O–H groups in total. The number of hydrogen-bond acceptors (Lipinski definition) is 2. The summed E-state index contributed by atoms with van der Waals surface area (Å²) in [5.74, 6) is 0. The van der Waals surface area contributed by atoms with Crippen LogP contribution in [0.4, 0.5) is 0 Å². The van der Waals surface area contributed by atoms with Crippen molar-refractivity contribution in [3.8, 4) is 0 Å². The molecular weight excluding hydrogens is 202 g/mol. The van der Waals surface area contributed by atoms with Crippen LogP contribution in [0.15, 0.2) is 41.8 Å². The molecule has 0 aliphatic rings. The first-order chi connectivity index (χ1) is 7.25. The van der Waals surface area contributed by atoms with E-state index in [1.807, 2.05) is 0 Å². The fraction of sp³-hybridized carbons (Fsp3) is 0.231. The number of nitrogens with two attached hydrogens (primary N) is 1. The molecule has 1 heterocycles. The van der Waals surface area contributed by atoms with Crippen molar-refractivity contribution < 1.29 is 0 Å². The smallest absolute Gasteiger partial charge is 0.0343 e. The lowest BCUT2D eigenvalue weighted by atomic mass is 10.0. The molecular formula is C13H15NS. The summed E-state index contributed by atoms with van der Waals surface area (Å²) in [4.78, 5) is 1.35. The quantitative estimate of drug-likeness (QED) is 0.838. The summed E-state index contributed by atoms with van der Waals surface area (Å²) in [5.41, 5.74) is 8.66. The normalized spacial score (nSPS) is 12.7. The van der Waals surface area contributed by atoms with Gasteiger partial charge in [0.2, 0.25) is 0 Å². The molecule has 0 aliphatic heterocycles. The van der Waals surface area contributed by atoms with E-state index in [-0.39, 0.29) is 6.04 Å². The Kier molecular flexibility index (Phi) is 3.19. The van der Waals surface area contributed by atoms with Crippen molar-refractivity contribution in [1.82, 2.24) is 0 Å². The topological polar surface area (TPSA) is 26.0 Å². The van der Waals surface area contributed by atoms with Crippen LogP contribution in [0.2, 0.25) is 0 Å². The van der Waals surface area contributed by atoms with Crippen LogP contribution in [0.3, 0.4) is 0 Å². The minimum Gasteiger partial charge on any atom is -0.324 e. The van der Waals surface area contributed by atoms with Crippen LogP contribution in [-0.4, -0.2) is 0 Å². The minimum absolute atomic E-state index is 0.114. The predicted molar refractivity (Wildman–Crippen MR) is 66.1 cm³/mol. The number of hydrogen-bond donors (Lipinski definition) is 1.